The maximum Gasteiger partial charge on any atom is 0.240 e. The standard InChI is InChI=1S/C22H30N6O3/c1-13(14-6-19(30)24-9-14)31-21-20-18(25-12-28(20)16-4-5-16)7-17(27-21)15(8-23)10-26-22(2,3)11-29/h7-8,10,12-16,23,29H,4-6,9,11H2,1-3H3,(H,24,30). The molecule has 1 aliphatic heterocycles. The molecule has 4 rings (SSSR count). The first-order valence-electron chi connectivity index (χ1n) is 10.8. The smallest absolute Gasteiger partial charge is 0.240 e. The van der Waals surface area contributed by atoms with Crippen molar-refractivity contribution < 1.29 is 14.6 Å². The minimum absolute atomic E-state index is 0.0434. The van der Waals surface area contributed by atoms with Crippen LogP contribution in [0.3, 0.4) is 0 Å². The number of aliphatic imine (C=N–C) groups is 1. The zero-order chi connectivity index (χ0) is 22.2. The van der Waals surface area contributed by atoms with E-state index in [4.69, 9.17) is 15.1 Å². The Balaban J connectivity index is 1.70. The lowest BCUT2D eigenvalue weighted by atomic mass is 10.0. The number of rotatable bonds is 9. The number of nitrogens with zero attached hydrogens (tertiary/aromatic N) is 4. The Hall–Kier alpha value is -2.81. The molecule has 1 aliphatic carbocycles. The van der Waals surface area contributed by atoms with Gasteiger partial charge in [0, 0.05) is 37.4 Å². The van der Waals surface area contributed by atoms with Crippen LogP contribution < -0.4 is 10.1 Å². The lowest BCUT2D eigenvalue weighted by Crippen LogP contribution is -2.26. The third kappa shape index (κ3) is 4.61. The van der Waals surface area contributed by atoms with Crippen LogP contribution in [0.1, 0.15) is 57.7 Å². The second-order valence-corrected chi connectivity index (χ2v) is 9.14. The van der Waals surface area contributed by atoms with Crippen LogP contribution in [-0.2, 0) is 4.79 Å². The number of nitrogens with one attached hydrogen (secondary N) is 2. The van der Waals surface area contributed by atoms with E-state index in [0.717, 1.165) is 23.9 Å². The fourth-order valence-corrected chi connectivity index (χ4v) is 3.69. The third-order valence-corrected chi connectivity index (χ3v) is 5.94. The molecule has 31 heavy (non-hydrogen) atoms. The number of imidazole rings is 1. The van der Waals surface area contributed by atoms with E-state index in [1.165, 1.54) is 6.21 Å². The lowest BCUT2D eigenvalue weighted by molar-refractivity contribution is -0.119. The highest BCUT2D eigenvalue weighted by molar-refractivity contribution is 5.91. The Morgan fingerprint density at radius 1 is 1.48 bits per heavy atom. The Labute approximate surface area is 181 Å². The summed E-state index contributed by atoms with van der Waals surface area (Å²) in [4.78, 5) is 25.4. The summed E-state index contributed by atoms with van der Waals surface area (Å²) < 4.78 is 8.43. The second kappa shape index (κ2) is 8.37. The van der Waals surface area contributed by atoms with Gasteiger partial charge in [-0.25, -0.2) is 9.97 Å². The van der Waals surface area contributed by atoms with Crippen molar-refractivity contribution in [2.24, 2.45) is 10.9 Å². The van der Waals surface area contributed by atoms with Crippen molar-refractivity contribution in [3.8, 4) is 5.88 Å². The summed E-state index contributed by atoms with van der Waals surface area (Å²) in [7, 11) is 0. The number of aliphatic hydroxyl groups excluding tert-OH is 1. The van der Waals surface area contributed by atoms with Gasteiger partial charge in [-0.3, -0.25) is 9.79 Å². The number of aliphatic hydroxyl groups is 1. The van der Waals surface area contributed by atoms with Crippen LogP contribution in [0.15, 0.2) is 17.4 Å². The largest absolute Gasteiger partial charge is 0.473 e. The van der Waals surface area contributed by atoms with E-state index in [0.29, 0.717) is 30.6 Å². The van der Waals surface area contributed by atoms with Crippen LogP contribution >= 0.6 is 0 Å². The number of pyridine rings is 1. The van der Waals surface area contributed by atoms with Gasteiger partial charge in [-0.1, -0.05) is 0 Å². The minimum Gasteiger partial charge on any atom is -0.473 e. The molecule has 2 aromatic rings. The zero-order valence-electron chi connectivity index (χ0n) is 18.2. The number of hydrogen-bond acceptors (Lipinski definition) is 7. The van der Waals surface area contributed by atoms with Crippen LogP contribution in [0, 0.1) is 11.3 Å². The van der Waals surface area contributed by atoms with Gasteiger partial charge in [0.15, 0.2) is 0 Å². The van der Waals surface area contributed by atoms with E-state index in [-0.39, 0.29) is 24.5 Å². The summed E-state index contributed by atoms with van der Waals surface area (Å²) in [6.07, 6.45) is 7.20. The number of fused-ring (bicyclic) bond motifs is 1. The average molecular weight is 427 g/mol. The summed E-state index contributed by atoms with van der Waals surface area (Å²) in [5.74, 6) is 0.136. The molecule has 3 N–H and O–H groups in total. The first kappa shape index (κ1) is 21.4. The molecule has 2 aliphatic rings. The maximum atomic E-state index is 11.6. The van der Waals surface area contributed by atoms with E-state index < -0.39 is 11.5 Å². The van der Waals surface area contributed by atoms with E-state index in [2.05, 4.69) is 19.9 Å². The van der Waals surface area contributed by atoms with Crippen molar-refractivity contribution in [1.29, 1.82) is 5.41 Å². The van der Waals surface area contributed by atoms with E-state index >= 15 is 0 Å². The zero-order valence-corrected chi connectivity index (χ0v) is 18.2. The molecule has 2 aromatic heterocycles. The van der Waals surface area contributed by atoms with Gasteiger partial charge in [0.1, 0.15) is 11.6 Å². The molecule has 1 saturated heterocycles. The summed E-state index contributed by atoms with van der Waals surface area (Å²) in [5.41, 5.74) is 1.60. The molecule has 9 nitrogen and oxygen atoms in total. The van der Waals surface area contributed by atoms with Gasteiger partial charge >= 0.3 is 0 Å². The van der Waals surface area contributed by atoms with Crippen LogP contribution in [-0.4, -0.2) is 62.8 Å². The van der Waals surface area contributed by atoms with Crippen molar-refractivity contribution in [2.75, 3.05) is 13.2 Å². The fourth-order valence-electron chi connectivity index (χ4n) is 3.69. The monoisotopic (exact) mass is 426 g/mol. The van der Waals surface area contributed by atoms with E-state index in [1.807, 2.05) is 33.2 Å². The number of amides is 1. The molecule has 2 fully saturated rings. The molecule has 0 aromatic carbocycles. The molecule has 1 saturated carbocycles. The van der Waals surface area contributed by atoms with Gasteiger partial charge in [0.2, 0.25) is 11.8 Å². The first-order valence-corrected chi connectivity index (χ1v) is 10.8. The second-order valence-electron chi connectivity index (χ2n) is 9.14. The average Bonchev–Trinajstić information content (AvgIpc) is 3.34. The van der Waals surface area contributed by atoms with Crippen molar-refractivity contribution in [3.05, 3.63) is 18.1 Å². The van der Waals surface area contributed by atoms with Crippen LogP contribution in [0.2, 0.25) is 0 Å². The first-order chi connectivity index (χ1) is 14.8. The van der Waals surface area contributed by atoms with Gasteiger partial charge in [-0.15, -0.1) is 0 Å². The molecule has 3 unspecified atom stereocenters. The topological polar surface area (TPSA) is 125 Å². The lowest BCUT2D eigenvalue weighted by Gasteiger charge is -2.21. The van der Waals surface area contributed by atoms with Gasteiger partial charge in [-0.2, -0.15) is 0 Å². The molecule has 0 spiro atoms. The van der Waals surface area contributed by atoms with Gasteiger partial charge in [0.25, 0.3) is 0 Å². The number of aromatic nitrogens is 3. The Morgan fingerprint density at radius 3 is 2.87 bits per heavy atom. The molecule has 0 radical (unpaired) electrons. The third-order valence-electron chi connectivity index (χ3n) is 5.94. The summed E-state index contributed by atoms with van der Waals surface area (Å²) in [5, 5.41) is 20.2. The molecule has 0 bridgehead atoms. The normalized spacial score (nSPS) is 21.4. The van der Waals surface area contributed by atoms with Crippen molar-refractivity contribution in [2.45, 2.75) is 63.6 Å². The Kier molecular flexibility index (Phi) is 5.79. The van der Waals surface area contributed by atoms with Crippen LogP contribution in [0.5, 0.6) is 5.88 Å². The van der Waals surface area contributed by atoms with Gasteiger partial charge in [-0.05, 0) is 39.7 Å². The highest BCUT2D eigenvalue weighted by Gasteiger charge is 2.31. The summed E-state index contributed by atoms with van der Waals surface area (Å²) in [6.45, 7) is 6.11. The molecule has 3 heterocycles. The number of ether oxygens (including phenoxy) is 1. The molecule has 9 heteroatoms. The molecule has 166 valence electrons. The molecule has 3 atom stereocenters. The number of carbonyl (C=O) groups is 1. The Morgan fingerprint density at radius 2 is 2.26 bits per heavy atom. The van der Waals surface area contributed by atoms with Crippen LogP contribution in [0.25, 0.3) is 11.0 Å². The predicted octanol–water partition coefficient (Wildman–Crippen LogP) is 2.24. The highest BCUT2D eigenvalue weighted by atomic mass is 16.5. The summed E-state index contributed by atoms with van der Waals surface area (Å²) in [6, 6.07) is 2.29. The molecular weight excluding hydrogens is 396 g/mol. The molecule has 1 amide bonds. The van der Waals surface area contributed by atoms with Crippen molar-refractivity contribution in [3.63, 3.8) is 0 Å². The summed E-state index contributed by atoms with van der Waals surface area (Å²) >= 11 is 0. The maximum absolute atomic E-state index is 11.6. The van der Waals surface area contributed by atoms with E-state index in [9.17, 15) is 9.90 Å². The quantitative estimate of drug-likeness (QED) is 0.530. The van der Waals surface area contributed by atoms with Gasteiger partial charge in [0.05, 0.1) is 35.6 Å². The van der Waals surface area contributed by atoms with Crippen molar-refractivity contribution in [1.82, 2.24) is 19.9 Å². The number of carbonyl (C=O) groups excluding carboxylic acids is 1. The Bertz CT molecular complexity index is 1010. The van der Waals surface area contributed by atoms with Crippen LogP contribution in [0.4, 0.5) is 0 Å². The molecular formula is C22H30N6O3. The minimum atomic E-state index is -0.630. The van der Waals surface area contributed by atoms with E-state index in [1.54, 1.807) is 6.21 Å². The highest BCUT2D eigenvalue weighted by Crippen LogP contribution is 2.40. The predicted molar refractivity (Wildman–Crippen MR) is 118 cm³/mol. The SMILES string of the molecule is CC(Oc1nc(C(C=N)C=NC(C)(C)CO)cc2ncn(C3CC3)c12)C1CNC(=O)C1. The van der Waals surface area contributed by atoms with Gasteiger partial charge < -0.3 is 25.1 Å². The number of hydrogen-bond donors (Lipinski definition) is 3. The fraction of sp³-hybridized carbons (Fsp3) is 0.591. The van der Waals surface area contributed by atoms with Crippen molar-refractivity contribution >= 4 is 29.4 Å².